The molecule has 0 heterocycles. The minimum absolute atomic E-state index is 0.113. The third kappa shape index (κ3) is 7.94. The fraction of sp³-hybridized carbons (Fsp3) is 0.412. The number of esters is 1. The summed E-state index contributed by atoms with van der Waals surface area (Å²) in [4.78, 5) is 34.4. The first-order valence-electron chi connectivity index (χ1n) is 7.77. The number of nitriles is 1. The molecule has 0 spiro atoms. The highest BCUT2D eigenvalue weighted by molar-refractivity contribution is 5.95. The first-order chi connectivity index (χ1) is 11.5. The van der Waals surface area contributed by atoms with E-state index in [0.29, 0.717) is 18.5 Å². The van der Waals surface area contributed by atoms with Gasteiger partial charge in [0.25, 0.3) is 5.91 Å². The smallest absolute Gasteiger partial charge is 0.321 e. The summed E-state index contributed by atoms with van der Waals surface area (Å²) < 4.78 is 4.81. The molecule has 0 atom stereocenters. The predicted octanol–water partition coefficient (Wildman–Crippen LogP) is 1.66. The number of carbonyl (C=O) groups is 3. The third-order valence-corrected chi connectivity index (χ3v) is 3.13. The van der Waals surface area contributed by atoms with Crippen LogP contribution in [0.3, 0.4) is 0 Å². The van der Waals surface area contributed by atoms with Crippen molar-refractivity contribution in [3.05, 3.63) is 35.4 Å². The molecule has 0 aromatic heterocycles. The maximum absolute atomic E-state index is 11.6. The molecule has 0 aliphatic heterocycles. The number of nitrogens with zero attached hydrogens (tertiary/aromatic N) is 1. The van der Waals surface area contributed by atoms with Crippen LogP contribution < -0.4 is 10.6 Å². The number of carbonyl (C=O) groups excluding carboxylic acids is 3. The summed E-state index contributed by atoms with van der Waals surface area (Å²) >= 11 is 0. The van der Waals surface area contributed by atoms with Gasteiger partial charge in [-0.2, -0.15) is 5.26 Å². The molecule has 7 nitrogen and oxygen atoms in total. The average Bonchev–Trinajstić information content (AvgIpc) is 2.58. The van der Waals surface area contributed by atoms with Crippen LogP contribution in [0.1, 0.15) is 37.3 Å². The molecule has 0 unspecified atom stereocenters. The van der Waals surface area contributed by atoms with E-state index in [2.05, 4.69) is 10.6 Å². The molecule has 1 rings (SSSR count). The molecule has 0 fully saturated rings. The summed E-state index contributed by atoms with van der Waals surface area (Å²) in [6, 6.07) is 8.29. The van der Waals surface area contributed by atoms with Crippen molar-refractivity contribution in [2.75, 3.05) is 13.2 Å². The number of benzene rings is 1. The van der Waals surface area contributed by atoms with Crippen LogP contribution in [0.2, 0.25) is 0 Å². The Morgan fingerprint density at radius 1 is 1.21 bits per heavy atom. The largest absolute Gasteiger partial charge is 0.456 e. The minimum atomic E-state index is -0.671. The molecule has 24 heavy (non-hydrogen) atoms. The Balaban J connectivity index is 2.21. The highest BCUT2D eigenvalue weighted by Gasteiger charge is 2.10. The van der Waals surface area contributed by atoms with E-state index in [0.717, 1.165) is 18.4 Å². The SMILES string of the molecule is CCCCNC(=O)NC(=O)COC(=O)CCc1ccc(C#N)cc1. The van der Waals surface area contributed by atoms with Gasteiger partial charge in [-0.25, -0.2) is 4.79 Å². The van der Waals surface area contributed by atoms with Crippen LogP contribution >= 0.6 is 0 Å². The van der Waals surface area contributed by atoms with E-state index in [9.17, 15) is 14.4 Å². The minimum Gasteiger partial charge on any atom is -0.456 e. The number of nitrogens with one attached hydrogen (secondary N) is 2. The second-order valence-electron chi connectivity index (χ2n) is 5.13. The Kier molecular flexibility index (Phi) is 8.61. The van der Waals surface area contributed by atoms with Gasteiger partial charge in [0.2, 0.25) is 0 Å². The maximum Gasteiger partial charge on any atom is 0.321 e. The Morgan fingerprint density at radius 3 is 2.54 bits per heavy atom. The van der Waals surface area contributed by atoms with Crippen molar-refractivity contribution >= 4 is 17.9 Å². The van der Waals surface area contributed by atoms with Crippen molar-refractivity contribution < 1.29 is 19.1 Å². The van der Waals surface area contributed by atoms with E-state index in [4.69, 9.17) is 10.00 Å². The third-order valence-electron chi connectivity index (χ3n) is 3.13. The van der Waals surface area contributed by atoms with Crippen molar-refractivity contribution in [3.8, 4) is 6.07 Å². The van der Waals surface area contributed by atoms with Gasteiger partial charge in [0.1, 0.15) is 0 Å². The number of aryl methyl sites for hydroxylation is 1. The van der Waals surface area contributed by atoms with Crippen molar-refractivity contribution in [2.45, 2.75) is 32.6 Å². The van der Waals surface area contributed by atoms with E-state index >= 15 is 0 Å². The van der Waals surface area contributed by atoms with E-state index in [-0.39, 0.29) is 6.42 Å². The first-order valence-corrected chi connectivity index (χ1v) is 7.77. The van der Waals surface area contributed by atoms with Crippen LogP contribution in [0.5, 0.6) is 0 Å². The average molecular weight is 331 g/mol. The Hall–Kier alpha value is -2.88. The van der Waals surface area contributed by atoms with Crippen LogP contribution in [0, 0.1) is 11.3 Å². The highest BCUT2D eigenvalue weighted by Crippen LogP contribution is 2.06. The van der Waals surface area contributed by atoms with Gasteiger partial charge in [0.15, 0.2) is 6.61 Å². The molecule has 7 heteroatoms. The Morgan fingerprint density at radius 2 is 1.92 bits per heavy atom. The number of urea groups is 1. The standard InChI is InChI=1S/C17H21N3O4/c1-2-3-10-19-17(23)20-15(21)12-24-16(22)9-8-13-4-6-14(11-18)7-5-13/h4-7H,2-3,8-10,12H2,1H3,(H2,19,20,21,23). The number of hydrogen-bond acceptors (Lipinski definition) is 5. The zero-order valence-electron chi connectivity index (χ0n) is 13.6. The fourth-order valence-corrected chi connectivity index (χ4v) is 1.80. The van der Waals surface area contributed by atoms with Crippen molar-refractivity contribution in [2.24, 2.45) is 0 Å². The van der Waals surface area contributed by atoms with Crippen LogP contribution in [0.15, 0.2) is 24.3 Å². The quantitative estimate of drug-likeness (QED) is 0.556. The lowest BCUT2D eigenvalue weighted by Gasteiger charge is -2.07. The molecule has 0 aliphatic carbocycles. The second kappa shape index (κ2) is 10.8. The molecule has 0 aliphatic rings. The summed E-state index contributed by atoms with van der Waals surface area (Å²) in [7, 11) is 0. The molecule has 0 saturated carbocycles. The van der Waals surface area contributed by atoms with E-state index in [1.54, 1.807) is 24.3 Å². The number of imide groups is 1. The van der Waals surface area contributed by atoms with Gasteiger partial charge in [-0.15, -0.1) is 0 Å². The van der Waals surface area contributed by atoms with Gasteiger partial charge in [-0.1, -0.05) is 25.5 Å². The number of unbranched alkanes of at least 4 members (excludes halogenated alkanes) is 1. The Bertz CT molecular complexity index is 605. The maximum atomic E-state index is 11.6. The molecular formula is C17H21N3O4. The van der Waals surface area contributed by atoms with Gasteiger partial charge in [0, 0.05) is 13.0 Å². The predicted molar refractivity (Wildman–Crippen MR) is 86.9 cm³/mol. The molecule has 0 bridgehead atoms. The summed E-state index contributed by atoms with van der Waals surface area (Å²) in [5, 5.41) is 13.3. The molecule has 1 aromatic carbocycles. The molecule has 0 radical (unpaired) electrons. The Labute approximate surface area is 141 Å². The fourth-order valence-electron chi connectivity index (χ4n) is 1.80. The van der Waals surface area contributed by atoms with Crippen LogP contribution in [0.25, 0.3) is 0 Å². The lowest BCUT2D eigenvalue weighted by atomic mass is 10.1. The van der Waals surface area contributed by atoms with Gasteiger partial charge >= 0.3 is 12.0 Å². The van der Waals surface area contributed by atoms with E-state index in [1.165, 1.54) is 0 Å². The molecule has 2 N–H and O–H groups in total. The molecule has 3 amide bonds. The summed E-state index contributed by atoms with van der Waals surface area (Å²) in [5.74, 6) is -1.20. The first kappa shape index (κ1) is 19.2. The highest BCUT2D eigenvalue weighted by atomic mass is 16.5. The van der Waals surface area contributed by atoms with Crippen LogP contribution in [-0.2, 0) is 20.7 Å². The zero-order chi connectivity index (χ0) is 17.8. The normalized spacial score (nSPS) is 9.67. The second-order valence-corrected chi connectivity index (χ2v) is 5.13. The van der Waals surface area contributed by atoms with E-state index < -0.39 is 24.5 Å². The lowest BCUT2D eigenvalue weighted by Crippen LogP contribution is -2.41. The lowest BCUT2D eigenvalue weighted by molar-refractivity contribution is -0.148. The van der Waals surface area contributed by atoms with Gasteiger partial charge < -0.3 is 10.1 Å². The molecular weight excluding hydrogens is 310 g/mol. The summed E-state index contributed by atoms with van der Waals surface area (Å²) in [5.41, 5.74) is 1.45. The number of ether oxygens (including phenoxy) is 1. The van der Waals surface area contributed by atoms with Gasteiger partial charge in [-0.05, 0) is 30.5 Å². The topological polar surface area (TPSA) is 108 Å². The number of amides is 3. The van der Waals surface area contributed by atoms with Gasteiger partial charge in [0.05, 0.1) is 11.6 Å². The van der Waals surface area contributed by atoms with Crippen LogP contribution in [0.4, 0.5) is 4.79 Å². The van der Waals surface area contributed by atoms with Crippen molar-refractivity contribution in [1.29, 1.82) is 5.26 Å². The van der Waals surface area contributed by atoms with Crippen molar-refractivity contribution in [1.82, 2.24) is 10.6 Å². The van der Waals surface area contributed by atoms with E-state index in [1.807, 2.05) is 13.0 Å². The molecule has 1 aromatic rings. The van der Waals surface area contributed by atoms with Crippen LogP contribution in [-0.4, -0.2) is 31.1 Å². The molecule has 128 valence electrons. The van der Waals surface area contributed by atoms with Crippen molar-refractivity contribution in [3.63, 3.8) is 0 Å². The monoisotopic (exact) mass is 331 g/mol. The number of hydrogen-bond donors (Lipinski definition) is 2. The number of rotatable bonds is 8. The molecule has 0 saturated heterocycles. The summed E-state index contributed by atoms with van der Waals surface area (Å²) in [6.07, 6.45) is 2.32. The summed E-state index contributed by atoms with van der Waals surface area (Å²) in [6.45, 7) is 1.98. The van der Waals surface area contributed by atoms with Gasteiger partial charge in [-0.3, -0.25) is 14.9 Å². The zero-order valence-corrected chi connectivity index (χ0v) is 13.6.